The summed E-state index contributed by atoms with van der Waals surface area (Å²) in [7, 11) is 3.80. The molecule has 3 aromatic heterocycles. The van der Waals surface area contributed by atoms with Crippen molar-refractivity contribution in [2.75, 3.05) is 0 Å². The van der Waals surface area contributed by atoms with Crippen LogP contribution in [0.5, 0.6) is 0 Å². The third-order valence-corrected chi connectivity index (χ3v) is 6.85. The molecule has 6 aromatic rings. The van der Waals surface area contributed by atoms with Gasteiger partial charge >= 0.3 is 0 Å². The van der Waals surface area contributed by atoms with E-state index in [-0.39, 0.29) is 11.6 Å². The quantitative estimate of drug-likeness (QED) is 0.331. The van der Waals surface area contributed by atoms with Gasteiger partial charge in [0.25, 0.3) is 5.56 Å². The third kappa shape index (κ3) is 3.54. The monoisotopic (exact) mass is 479 g/mol. The number of para-hydroxylation sites is 2. The van der Waals surface area contributed by atoms with Crippen molar-refractivity contribution in [2.45, 2.75) is 6.04 Å². The molecule has 0 fully saturated rings. The first-order chi connectivity index (χ1) is 17.0. The van der Waals surface area contributed by atoms with Crippen molar-refractivity contribution in [1.29, 1.82) is 0 Å². The van der Waals surface area contributed by atoms with E-state index in [2.05, 4.69) is 32.7 Å². The van der Waals surface area contributed by atoms with Crippen molar-refractivity contribution in [3.8, 4) is 11.1 Å². The number of hydrogen-bond donors (Lipinski definition) is 0. The van der Waals surface area contributed by atoms with Crippen LogP contribution in [0.15, 0.2) is 96.4 Å². The van der Waals surface area contributed by atoms with Gasteiger partial charge < -0.3 is 13.7 Å². The van der Waals surface area contributed by atoms with Crippen LogP contribution in [0.3, 0.4) is 0 Å². The Morgan fingerprint density at radius 1 is 0.886 bits per heavy atom. The molecule has 1 unspecified atom stereocenters. The molecule has 0 saturated heterocycles. The summed E-state index contributed by atoms with van der Waals surface area (Å²) in [4.78, 5) is 21.8. The first-order valence-electron chi connectivity index (χ1n) is 11.3. The van der Waals surface area contributed by atoms with Gasteiger partial charge in [0, 0.05) is 30.6 Å². The maximum absolute atomic E-state index is 12.8. The van der Waals surface area contributed by atoms with Gasteiger partial charge in [-0.05, 0) is 53.1 Å². The molecule has 0 amide bonds. The summed E-state index contributed by atoms with van der Waals surface area (Å²) in [5, 5.41) is 1.61. The van der Waals surface area contributed by atoms with Crippen molar-refractivity contribution < 1.29 is 0 Å². The summed E-state index contributed by atoms with van der Waals surface area (Å²) in [6.45, 7) is 0. The SMILES string of the molecule is Cn1cncc1C(c1ccc2c(c1)c(-c1cccc(Cl)c1)cc(=O)n2C)n1cnc2ccccc21. The van der Waals surface area contributed by atoms with Crippen molar-refractivity contribution in [3.05, 3.63) is 118 Å². The minimum Gasteiger partial charge on any atom is -0.336 e. The Bertz CT molecular complexity index is 1780. The van der Waals surface area contributed by atoms with Gasteiger partial charge in [-0.2, -0.15) is 0 Å². The summed E-state index contributed by atoms with van der Waals surface area (Å²) in [5.41, 5.74) is 6.61. The van der Waals surface area contributed by atoms with Gasteiger partial charge in [0.2, 0.25) is 0 Å². The van der Waals surface area contributed by atoms with Crippen LogP contribution in [0, 0.1) is 0 Å². The van der Waals surface area contributed by atoms with E-state index in [1.54, 1.807) is 17.7 Å². The van der Waals surface area contributed by atoms with Gasteiger partial charge in [0.15, 0.2) is 0 Å². The molecule has 6 rings (SSSR count). The van der Waals surface area contributed by atoms with E-state index in [9.17, 15) is 4.79 Å². The van der Waals surface area contributed by atoms with E-state index in [1.165, 1.54) is 0 Å². The summed E-state index contributed by atoms with van der Waals surface area (Å²) in [6, 6.07) is 23.5. The number of halogens is 1. The summed E-state index contributed by atoms with van der Waals surface area (Å²) >= 11 is 6.30. The Kier molecular flexibility index (Phi) is 5.04. The number of fused-ring (bicyclic) bond motifs is 2. The fourth-order valence-corrected chi connectivity index (χ4v) is 5.02. The predicted molar refractivity (Wildman–Crippen MR) is 140 cm³/mol. The zero-order chi connectivity index (χ0) is 24.1. The molecule has 1 atom stereocenters. The molecule has 0 radical (unpaired) electrons. The predicted octanol–water partition coefficient (Wildman–Crippen LogP) is 5.58. The van der Waals surface area contributed by atoms with Crippen molar-refractivity contribution in [2.24, 2.45) is 14.1 Å². The average molecular weight is 480 g/mol. The number of rotatable bonds is 4. The van der Waals surface area contributed by atoms with Crippen LogP contribution in [0.2, 0.25) is 5.02 Å². The number of nitrogens with zero attached hydrogens (tertiary/aromatic N) is 5. The van der Waals surface area contributed by atoms with Crippen molar-refractivity contribution in [1.82, 2.24) is 23.7 Å². The lowest BCUT2D eigenvalue weighted by atomic mass is 9.96. The van der Waals surface area contributed by atoms with Gasteiger partial charge in [0.1, 0.15) is 6.04 Å². The molecule has 0 saturated carbocycles. The molecule has 7 heteroatoms. The Labute approximate surface area is 206 Å². The van der Waals surface area contributed by atoms with E-state index in [0.29, 0.717) is 5.02 Å². The fraction of sp³-hybridized carbons (Fsp3) is 0.107. The number of pyridine rings is 1. The summed E-state index contributed by atoms with van der Waals surface area (Å²) < 4.78 is 5.88. The molecule has 0 aliphatic rings. The number of hydrogen-bond acceptors (Lipinski definition) is 3. The summed E-state index contributed by atoms with van der Waals surface area (Å²) in [5.74, 6) is 0. The lowest BCUT2D eigenvalue weighted by Gasteiger charge is -2.22. The second-order valence-electron chi connectivity index (χ2n) is 8.71. The second kappa shape index (κ2) is 8.25. The normalized spacial score (nSPS) is 12.4. The molecular weight excluding hydrogens is 458 g/mol. The lowest BCUT2D eigenvalue weighted by molar-refractivity contribution is 0.643. The fourth-order valence-electron chi connectivity index (χ4n) is 4.83. The number of benzene rings is 3. The van der Waals surface area contributed by atoms with E-state index in [4.69, 9.17) is 11.6 Å². The zero-order valence-corrected chi connectivity index (χ0v) is 20.0. The minimum atomic E-state index is -0.163. The Hall–Kier alpha value is -4.16. The van der Waals surface area contributed by atoms with Gasteiger partial charge in [0.05, 0.1) is 41.1 Å². The number of aromatic nitrogens is 5. The molecule has 172 valence electrons. The van der Waals surface area contributed by atoms with Gasteiger partial charge in [-0.1, -0.05) is 41.9 Å². The van der Waals surface area contributed by atoms with Gasteiger partial charge in [-0.25, -0.2) is 9.97 Å². The molecule has 3 aromatic carbocycles. The Morgan fingerprint density at radius 3 is 2.54 bits per heavy atom. The highest BCUT2D eigenvalue weighted by Crippen LogP contribution is 2.35. The third-order valence-electron chi connectivity index (χ3n) is 6.62. The van der Waals surface area contributed by atoms with Crippen LogP contribution in [0.25, 0.3) is 33.1 Å². The first kappa shape index (κ1) is 21.4. The topological polar surface area (TPSA) is 57.6 Å². The molecule has 0 spiro atoms. The first-order valence-corrected chi connectivity index (χ1v) is 11.7. The maximum atomic E-state index is 12.8. The zero-order valence-electron chi connectivity index (χ0n) is 19.3. The number of aryl methyl sites for hydroxylation is 2. The van der Waals surface area contributed by atoms with Crippen molar-refractivity contribution in [3.63, 3.8) is 0 Å². The summed E-state index contributed by atoms with van der Waals surface area (Å²) in [6.07, 6.45) is 5.58. The molecule has 35 heavy (non-hydrogen) atoms. The molecule has 0 N–H and O–H groups in total. The largest absolute Gasteiger partial charge is 0.336 e. The average Bonchev–Trinajstić information content (AvgIpc) is 3.48. The standard InChI is InChI=1S/C28H22ClN5O/c1-32-16-30-15-26(32)28(34-17-31-23-8-3-4-9-25(23)34)19-10-11-24-22(13-19)21(14-27(35)33(24)2)18-6-5-7-20(29)12-18/h3-17,28H,1-2H3. The van der Waals surface area contributed by atoms with Crippen LogP contribution in [0.4, 0.5) is 0 Å². The van der Waals surface area contributed by atoms with Crippen LogP contribution in [0.1, 0.15) is 17.3 Å². The van der Waals surface area contributed by atoms with E-state index in [0.717, 1.165) is 44.3 Å². The smallest absolute Gasteiger partial charge is 0.251 e. The maximum Gasteiger partial charge on any atom is 0.251 e. The highest BCUT2D eigenvalue weighted by atomic mass is 35.5. The highest BCUT2D eigenvalue weighted by molar-refractivity contribution is 6.30. The minimum absolute atomic E-state index is 0.0657. The van der Waals surface area contributed by atoms with Crippen LogP contribution < -0.4 is 5.56 Å². The van der Waals surface area contributed by atoms with Crippen LogP contribution in [-0.4, -0.2) is 23.7 Å². The molecule has 0 bridgehead atoms. The second-order valence-corrected chi connectivity index (χ2v) is 9.15. The van der Waals surface area contributed by atoms with Crippen molar-refractivity contribution >= 4 is 33.5 Å². The highest BCUT2D eigenvalue weighted by Gasteiger charge is 2.23. The van der Waals surface area contributed by atoms with Gasteiger partial charge in [-0.3, -0.25) is 4.79 Å². The van der Waals surface area contributed by atoms with E-state index < -0.39 is 0 Å². The molecule has 0 aliphatic heterocycles. The lowest BCUT2D eigenvalue weighted by Crippen LogP contribution is -2.18. The van der Waals surface area contributed by atoms with E-state index in [1.807, 2.05) is 79.0 Å². The molecule has 6 nitrogen and oxygen atoms in total. The molecule has 3 heterocycles. The Balaban J connectivity index is 1.65. The van der Waals surface area contributed by atoms with Crippen LogP contribution >= 0.6 is 11.6 Å². The van der Waals surface area contributed by atoms with E-state index >= 15 is 0 Å². The van der Waals surface area contributed by atoms with Gasteiger partial charge in [-0.15, -0.1) is 0 Å². The molecule has 0 aliphatic carbocycles. The van der Waals surface area contributed by atoms with Crippen LogP contribution in [-0.2, 0) is 14.1 Å². The Morgan fingerprint density at radius 2 is 1.74 bits per heavy atom. The molecular formula is C28H22ClN5O. The number of imidazole rings is 2.